The van der Waals surface area contributed by atoms with Gasteiger partial charge in [0.25, 0.3) is 0 Å². The Morgan fingerprint density at radius 2 is 1.18 bits per heavy atom. The molecule has 2 aliphatic rings. The van der Waals surface area contributed by atoms with Crippen molar-refractivity contribution in [3.8, 4) is 11.5 Å². The third-order valence-corrected chi connectivity index (χ3v) is 18.7. The number of fused-ring (bicyclic) bond motifs is 2. The minimum absolute atomic E-state index is 0.990. The van der Waals surface area contributed by atoms with Crippen molar-refractivity contribution < 1.29 is 6.03 Å². The summed E-state index contributed by atoms with van der Waals surface area (Å²) in [6.07, 6.45) is 0. The van der Waals surface area contributed by atoms with Crippen LogP contribution in [0.15, 0.2) is 58.3 Å². The number of rotatable bonds is 0. The molecule has 0 aromatic heterocycles. The van der Waals surface area contributed by atoms with Crippen LogP contribution in [0.25, 0.3) is 0 Å². The van der Waals surface area contributed by atoms with Crippen LogP contribution in [-0.2, 0) is 0 Å². The minimum atomic E-state index is -2.94. The zero-order valence-corrected chi connectivity index (χ0v) is 12.9. The maximum absolute atomic E-state index is 6.14. The van der Waals surface area contributed by atoms with Crippen molar-refractivity contribution in [2.45, 2.75) is 9.79 Å². The molecule has 2 aromatic carbocycles. The first kappa shape index (κ1) is 10.5. The molecular weight excluding hydrogens is 362 g/mol. The van der Waals surface area contributed by atoms with Crippen LogP contribution in [0.5, 0.6) is 11.5 Å². The van der Waals surface area contributed by atoms with Gasteiger partial charge in [-0.3, -0.25) is 0 Å². The van der Waals surface area contributed by atoms with Gasteiger partial charge in [0.2, 0.25) is 0 Å². The molecule has 0 saturated carbocycles. The molecule has 0 amide bonds. The van der Waals surface area contributed by atoms with Gasteiger partial charge in [-0.1, -0.05) is 0 Å². The number of hydrogen-bond donors (Lipinski definition) is 0. The summed E-state index contributed by atoms with van der Waals surface area (Å²) in [7, 11) is 3.64. The molecule has 0 saturated heterocycles. The Bertz CT molecular complexity index is 496. The van der Waals surface area contributed by atoms with Crippen molar-refractivity contribution in [2.75, 3.05) is 0 Å². The van der Waals surface area contributed by atoms with Gasteiger partial charge in [0, 0.05) is 0 Å². The van der Waals surface area contributed by atoms with E-state index in [0.717, 1.165) is 11.5 Å². The number of benzene rings is 2. The SMILES string of the molecule is c1ccc2c(c1)[O][Sb]1([O]c3ccccc3[S]1)[S]2. The average Bonchev–Trinajstić information content (AvgIpc) is 2.87. The summed E-state index contributed by atoms with van der Waals surface area (Å²) in [4.78, 5) is 2.44. The molecule has 4 rings (SSSR count). The van der Waals surface area contributed by atoms with Crippen molar-refractivity contribution in [1.82, 2.24) is 0 Å². The molecule has 0 N–H and O–H groups in total. The van der Waals surface area contributed by atoms with E-state index in [9.17, 15) is 0 Å². The molecule has 17 heavy (non-hydrogen) atoms. The second-order valence-corrected chi connectivity index (χ2v) is 19.7. The molecular formula is C12H8O2S2Sb. The van der Waals surface area contributed by atoms with E-state index < -0.39 is 16.8 Å². The molecule has 2 aliphatic heterocycles. The van der Waals surface area contributed by atoms with Crippen molar-refractivity contribution in [3.63, 3.8) is 0 Å². The van der Waals surface area contributed by atoms with E-state index in [1.165, 1.54) is 9.79 Å². The van der Waals surface area contributed by atoms with Crippen LogP contribution in [0, 0.1) is 0 Å². The van der Waals surface area contributed by atoms with Crippen LogP contribution in [0.1, 0.15) is 0 Å². The second-order valence-electron chi connectivity index (χ2n) is 3.71. The van der Waals surface area contributed by atoms with Crippen molar-refractivity contribution >= 4 is 34.5 Å². The number of hydrogen-bond acceptors (Lipinski definition) is 4. The van der Waals surface area contributed by atoms with Gasteiger partial charge in [-0.15, -0.1) is 0 Å². The Morgan fingerprint density at radius 1 is 0.706 bits per heavy atom. The molecule has 1 spiro atoms. The molecule has 2 heterocycles. The third-order valence-electron chi connectivity index (χ3n) is 2.54. The normalized spacial score (nSPS) is 18.4. The Labute approximate surface area is 110 Å². The van der Waals surface area contributed by atoms with Gasteiger partial charge in [0.05, 0.1) is 0 Å². The van der Waals surface area contributed by atoms with Gasteiger partial charge >= 0.3 is 110 Å². The molecule has 85 valence electrons. The van der Waals surface area contributed by atoms with Gasteiger partial charge < -0.3 is 0 Å². The van der Waals surface area contributed by atoms with Crippen molar-refractivity contribution in [1.29, 1.82) is 0 Å². The van der Waals surface area contributed by atoms with E-state index >= 15 is 0 Å². The summed E-state index contributed by atoms with van der Waals surface area (Å²) in [5.41, 5.74) is 0. The predicted octanol–water partition coefficient (Wildman–Crippen LogP) is 3.79. The van der Waals surface area contributed by atoms with Gasteiger partial charge in [0.15, 0.2) is 0 Å². The summed E-state index contributed by atoms with van der Waals surface area (Å²) in [6.45, 7) is 0. The first-order chi connectivity index (χ1) is 8.35. The number of para-hydroxylation sites is 2. The Balaban J connectivity index is 1.72. The Morgan fingerprint density at radius 3 is 1.65 bits per heavy atom. The van der Waals surface area contributed by atoms with Gasteiger partial charge in [0.1, 0.15) is 0 Å². The van der Waals surface area contributed by atoms with E-state index in [1.807, 2.05) is 54.1 Å². The summed E-state index contributed by atoms with van der Waals surface area (Å²) in [6, 6.07) is 16.4. The van der Waals surface area contributed by atoms with Gasteiger partial charge in [-0.2, -0.15) is 0 Å². The molecule has 2 nitrogen and oxygen atoms in total. The van der Waals surface area contributed by atoms with E-state index in [-0.39, 0.29) is 0 Å². The zero-order chi connectivity index (χ0) is 11.3. The van der Waals surface area contributed by atoms with Crippen LogP contribution in [0.2, 0.25) is 0 Å². The van der Waals surface area contributed by atoms with Gasteiger partial charge in [-0.25, -0.2) is 0 Å². The standard InChI is InChI=1S/2C6H6OS.Sb/c2*7-5-3-1-2-4-6(5)8;/h2*1-4,7-8H;/q;;+4/p-4. The molecule has 0 atom stereocenters. The van der Waals surface area contributed by atoms with Crippen molar-refractivity contribution in [3.05, 3.63) is 48.5 Å². The monoisotopic (exact) mass is 369 g/mol. The predicted molar refractivity (Wildman–Crippen MR) is 71.6 cm³/mol. The third kappa shape index (κ3) is 1.66. The van der Waals surface area contributed by atoms with Crippen molar-refractivity contribution in [2.24, 2.45) is 0 Å². The van der Waals surface area contributed by atoms with Gasteiger partial charge in [-0.05, 0) is 0 Å². The fourth-order valence-electron chi connectivity index (χ4n) is 1.80. The molecule has 1 radical (unpaired) electrons. The zero-order valence-electron chi connectivity index (χ0n) is 8.70. The fourth-order valence-corrected chi connectivity index (χ4v) is 20.3. The molecule has 0 fully saturated rings. The van der Waals surface area contributed by atoms with Crippen LogP contribution in [0.4, 0.5) is 0 Å². The van der Waals surface area contributed by atoms with Crippen LogP contribution in [-0.4, -0.2) is 16.8 Å². The second kappa shape index (κ2) is 3.77. The summed E-state index contributed by atoms with van der Waals surface area (Å²) in [5.74, 6) is 1.98. The Kier molecular flexibility index (Phi) is 2.33. The molecule has 2 aromatic rings. The summed E-state index contributed by atoms with van der Waals surface area (Å²) in [5, 5.41) is 0. The first-order valence-electron chi connectivity index (χ1n) is 5.20. The summed E-state index contributed by atoms with van der Waals surface area (Å²) < 4.78 is 12.3. The average molecular weight is 370 g/mol. The van der Waals surface area contributed by atoms with Crippen LogP contribution in [0.3, 0.4) is 0 Å². The fraction of sp³-hybridized carbons (Fsp3) is 0. The topological polar surface area (TPSA) is 18.5 Å². The quantitative estimate of drug-likeness (QED) is 0.657. The molecule has 0 aliphatic carbocycles. The molecule has 0 unspecified atom stereocenters. The maximum atomic E-state index is 6.14. The first-order valence-corrected chi connectivity index (χ1v) is 15.1. The van der Waals surface area contributed by atoms with Crippen LogP contribution < -0.4 is 6.03 Å². The Hall–Kier alpha value is -0.442. The van der Waals surface area contributed by atoms with Crippen LogP contribution >= 0.6 is 17.7 Å². The van der Waals surface area contributed by atoms with E-state index in [4.69, 9.17) is 6.03 Å². The molecule has 0 bridgehead atoms. The van der Waals surface area contributed by atoms with E-state index in [2.05, 4.69) is 12.1 Å². The van der Waals surface area contributed by atoms with E-state index in [1.54, 1.807) is 0 Å². The summed E-state index contributed by atoms with van der Waals surface area (Å²) >= 11 is -2.94. The van der Waals surface area contributed by atoms with E-state index in [0.29, 0.717) is 0 Å². The molecule has 5 heteroatoms.